The molecule has 0 fully saturated rings. The van der Waals surface area contributed by atoms with Crippen LogP contribution in [0.2, 0.25) is 0 Å². The van der Waals surface area contributed by atoms with Crippen LogP contribution in [-0.4, -0.2) is 25.0 Å². The lowest BCUT2D eigenvalue weighted by Crippen LogP contribution is -2.04. The third-order valence-corrected chi connectivity index (χ3v) is 5.31. The lowest BCUT2D eigenvalue weighted by Gasteiger charge is -2.12. The van der Waals surface area contributed by atoms with Gasteiger partial charge in [-0.1, -0.05) is 19.1 Å². The largest absolute Gasteiger partial charge is 0.432 e. The van der Waals surface area contributed by atoms with Crippen molar-refractivity contribution in [2.75, 3.05) is 4.72 Å². The first-order chi connectivity index (χ1) is 13.9. The second-order valence-corrected chi connectivity index (χ2v) is 7.29. The molecule has 0 radical (unpaired) electrons. The Morgan fingerprint density at radius 1 is 1.14 bits per heavy atom. The van der Waals surface area contributed by atoms with E-state index >= 15 is 0 Å². The van der Waals surface area contributed by atoms with Gasteiger partial charge in [-0.3, -0.25) is 14.8 Å². The highest BCUT2D eigenvalue weighted by atomic mass is 32.2. The van der Waals surface area contributed by atoms with Crippen LogP contribution < -0.4 is 4.72 Å². The molecule has 0 amide bonds. The Bertz CT molecular complexity index is 1150. The smallest absolute Gasteiger partial charge is 0.323 e. The van der Waals surface area contributed by atoms with Gasteiger partial charge in [0.1, 0.15) is 11.4 Å². The Kier molecular flexibility index (Phi) is 4.95. The number of H-pyrrole nitrogens is 1. The third-order valence-electron chi connectivity index (χ3n) is 4.52. The Labute approximate surface area is 168 Å². The second kappa shape index (κ2) is 7.43. The van der Waals surface area contributed by atoms with Crippen molar-refractivity contribution >= 4 is 28.5 Å². The Balaban J connectivity index is 1.54. The van der Waals surface area contributed by atoms with Crippen molar-refractivity contribution in [3.05, 3.63) is 54.0 Å². The zero-order chi connectivity index (χ0) is 20.6. The van der Waals surface area contributed by atoms with Crippen LogP contribution >= 0.6 is 11.9 Å². The van der Waals surface area contributed by atoms with Gasteiger partial charge >= 0.3 is 6.18 Å². The third kappa shape index (κ3) is 3.80. The summed E-state index contributed by atoms with van der Waals surface area (Å²) in [7, 11) is 1.90. The number of aromatic amines is 1. The van der Waals surface area contributed by atoms with Crippen molar-refractivity contribution in [3.8, 4) is 11.4 Å². The number of aryl methyl sites for hydroxylation is 2. The number of rotatable bonds is 5. The first-order valence-electron chi connectivity index (χ1n) is 8.82. The minimum atomic E-state index is -4.46. The summed E-state index contributed by atoms with van der Waals surface area (Å²) in [4.78, 5) is 5.06. The highest BCUT2D eigenvalue weighted by Crippen LogP contribution is 2.33. The minimum Gasteiger partial charge on any atom is -0.323 e. The number of nitrogens with one attached hydrogen (secondary N) is 2. The molecule has 4 aromatic rings. The van der Waals surface area contributed by atoms with Crippen molar-refractivity contribution in [2.24, 2.45) is 7.05 Å². The molecule has 0 saturated heterocycles. The maximum atomic E-state index is 12.7. The molecule has 0 saturated carbocycles. The van der Waals surface area contributed by atoms with E-state index in [1.54, 1.807) is 18.3 Å². The zero-order valence-electron chi connectivity index (χ0n) is 15.6. The molecule has 3 aromatic heterocycles. The first-order valence-corrected chi connectivity index (χ1v) is 9.64. The molecule has 10 heteroatoms. The monoisotopic (exact) mass is 418 g/mol. The Morgan fingerprint density at radius 2 is 1.97 bits per heavy atom. The number of halogens is 3. The van der Waals surface area contributed by atoms with Crippen LogP contribution in [0, 0.1) is 0 Å². The number of nitrogens with zero attached hydrogens (tertiary/aromatic N) is 4. The zero-order valence-corrected chi connectivity index (χ0v) is 16.4. The highest BCUT2D eigenvalue weighted by molar-refractivity contribution is 8.00. The van der Waals surface area contributed by atoms with Crippen LogP contribution in [0.3, 0.4) is 0 Å². The fourth-order valence-electron chi connectivity index (χ4n) is 3.02. The highest BCUT2D eigenvalue weighted by Gasteiger charge is 2.33. The van der Waals surface area contributed by atoms with E-state index in [9.17, 15) is 13.2 Å². The molecule has 4 rings (SSSR count). The molecule has 0 atom stereocenters. The van der Waals surface area contributed by atoms with Crippen LogP contribution in [0.4, 0.5) is 18.9 Å². The van der Waals surface area contributed by atoms with Gasteiger partial charge in [0.25, 0.3) is 0 Å². The fourth-order valence-corrected chi connectivity index (χ4v) is 3.71. The Morgan fingerprint density at radius 3 is 2.62 bits per heavy atom. The number of hydrogen-bond acceptors (Lipinski definition) is 5. The fraction of sp³-hybridized carbons (Fsp3) is 0.211. The van der Waals surface area contributed by atoms with Gasteiger partial charge in [-0.15, -0.1) is 0 Å². The average Bonchev–Trinajstić information content (AvgIpc) is 3.34. The molecular weight excluding hydrogens is 401 g/mol. The van der Waals surface area contributed by atoms with E-state index in [0.29, 0.717) is 5.69 Å². The normalized spacial score (nSPS) is 11.9. The second-order valence-electron chi connectivity index (χ2n) is 6.41. The summed E-state index contributed by atoms with van der Waals surface area (Å²) >= 11 is 1.38. The van der Waals surface area contributed by atoms with E-state index in [0.717, 1.165) is 39.5 Å². The summed E-state index contributed by atoms with van der Waals surface area (Å²) in [5, 5.41) is 11.1. The van der Waals surface area contributed by atoms with Crippen LogP contribution in [0.1, 0.15) is 18.2 Å². The molecule has 1 aromatic carbocycles. The number of alkyl halides is 3. The van der Waals surface area contributed by atoms with Crippen LogP contribution in [0.25, 0.3) is 22.3 Å². The SMILES string of the molecule is CCc1ccc2cnn(C)c2c1NSc1ccc(-c2cc(C(F)(F)F)[nH]n2)nc1. The topological polar surface area (TPSA) is 71.4 Å². The van der Waals surface area contributed by atoms with Gasteiger partial charge in [0.05, 0.1) is 23.1 Å². The summed E-state index contributed by atoms with van der Waals surface area (Å²) in [5.74, 6) is 0. The maximum Gasteiger partial charge on any atom is 0.432 e. The van der Waals surface area contributed by atoms with Gasteiger partial charge < -0.3 is 4.72 Å². The lowest BCUT2D eigenvalue weighted by molar-refractivity contribution is -0.141. The van der Waals surface area contributed by atoms with E-state index in [2.05, 4.69) is 32.9 Å². The van der Waals surface area contributed by atoms with Crippen LogP contribution in [0.15, 0.2) is 47.6 Å². The summed E-state index contributed by atoms with van der Waals surface area (Å²) in [6.45, 7) is 2.09. The van der Waals surface area contributed by atoms with Crippen molar-refractivity contribution in [2.45, 2.75) is 24.4 Å². The number of aromatic nitrogens is 5. The molecule has 0 spiro atoms. The predicted octanol–water partition coefficient (Wildman–Crippen LogP) is 5.06. The molecule has 0 aliphatic carbocycles. The molecule has 29 heavy (non-hydrogen) atoms. The lowest BCUT2D eigenvalue weighted by atomic mass is 10.1. The van der Waals surface area contributed by atoms with E-state index < -0.39 is 11.9 Å². The van der Waals surface area contributed by atoms with Gasteiger partial charge in [-0.2, -0.15) is 23.4 Å². The van der Waals surface area contributed by atoms with Gasteiger partial charge in [-0.25, -0.2) is 0 Å². The van der Waals surface area contributed by atoms with Crippen LogP contribution in [-0.2, 0) is 19.6 Å². The molecule has 0 aliphatic rings. The number of hydrogen-bond donors (Lipinski definition) is 2. The summed E-state index contributed by atoms with van der Waals surface area (Å²) in [5.41, 5.74) is 2.78. The van der Waals surface area contributed by atoms with E-state index in [1.165, 1.54) is 11.9 Å². The first kappa shape index (κ1) is 19.3. The van der Waals surface area contributed by atoms with E-state index in [4.69, 9.17) is 0 Å². The molecule has 0 unspecified atom stereocenters. The number of pyridine rings is 1. The van der Waals surface area contributed by atoms with Gasteiger partial charge in [0, 0.05) is 23.5 Å². The molecule has 0 bridgehead atoms. The molecule has 3 heterocycles. The number of fused-ring (bicyclic) bond motifs is 1. The van der Waals surface area contributed by atoms with Crippen LogP contribution in [0.5, 0.6) is 0 Å². The van der Waals surface area contributed by atoms with Gasteiger partial charge in [0.2, 0.25) is 0 Å². The quantitative estimate of drug-likeness (QED) is 0.444. The number of benzene rings is 1. The Hall–Kier alpha value is -3.01. The van der Waals surface area contributed by atoms with Crippen molar-refractivity contribution in [1.29, 1.82) is 0 Å². The molecule has 150 valence electrons. The van der Waals surface area contributed by atoms with Crippen molar-refractivity contribution < 1.29 is 13.2 Å². The number of anilines is 1. The molecule has 2 N–H and O–H groups in total. The summed E-state index contributed by atoms with van der Waals surface area (Å²) in [6.07, 6.45) is -0.180. The van der Waals surface area contributed by atoms with E-state index in [-0.39, 0.29) is 5.69 Å². The van der Waals surface area contributed by atoms with Crippen molar-refractivity contribution in [3.63, 3.8) is 0 Å². The average molecular weight is 418 g/mol. The van der Waals surface area contributed by atoms with Gasteiger partial charge in [-0.05, 0) is 42.1 Å². The maximum absolute atomic E-state index is 12.7. The summed E-state index contributed by atoms with van der Waals surface area (Å²) in [6, 6.07) is 8.50. The van der Waals surface area contributed by atoms with Crippen molar-refractivity contribution in [1.82, 2.24) is 25.0 Å². The molecular formula is C19H17F3N6S. The minimum absolute atomic E-state index is 0.148. The predicted molar refractivity (Wildman–Crippen MR) is 106 cm³/mol. The molecule has 0 aliphatic heterocycles. The van der Waals surface area contributed by atoms with E-state index in [1.807, 2.05) is 29.1 Å². The summed E-state index contributed by atoms with van der Waals surface area (Å²) < 4.78 is 43.3. The van der Waals surface area contributed by atoms with Gasteiger partial charge in [0.15, 0.2) is 0 Å². The standard InChI is InChI=1S/C19H17F3N6S/c1-3-11-4-5-12-9-24-28(2)18(12)17(11)27-29-13-6-7-14(23-10-13)15-8-16(26-25-15)19(20,21)22/h4-10,27H,3H2,1-2H3,(H,25,26). The molecule has 6 nitrogen and oxygen atoms in total.